The van der Waals surface area contributed by atoms with Gasteiger partial charge in [-0.25, -0.2) is 4.68 Å². The first kappa shape index (κ1) is 30.4. The third-order valence-electron chi connectivity index (χ3n) is 7.55. The number of carbonyl (C=O) groups excluding carboxylic acids is 1. The molecule has 0 aliphatic carbocycles. The highest BCUT2D eigenvalue weighted by Crippen LogP contribution is 2.41. The van der Waals surface area contributed by atoms with Gasteiger partial charge in [0.15, 0.2) is 0 Å². The Hall–Kier alpha value is -3.17. The van der Waals surface area contributed by atoms with Crippen molar-refractivity contribution in [3.63, 3.8) is 0 Å². The number of hydrogen-bond donors (Lipinski definition) is 3. The number of amides is 1. The van der Waals surface area contributed by atoms with Crippen molar-refractivity contribution in [1.29, 1.82) is 0 Å². The Labute approximate surface area is 233 Å². The van der Waals surface area contributed by atoms with E-state index in [1.54, 1.807) is 0 Å². The maximum Gasteiger partial charge on any atom is 0.261 e. The van der Waals surface area contributed by atoms with Gasteiger partial charge in [-0.2, -0.15) is 13.5 Å². The molecular weight excluding hydrogens is 512 g/mol. The standard InChI is InChI=1S/C29H38N4O.CH4O3S/c1-7-21-15-17-23(18-16-21)29(8-2,9-3)31-27(34)25-20(4)32-33-26(25)30-24(19-28(33,5)6)22-13-11-10-12-14-22;1-5(2,3)4/h10-18,24,30H,7-9,19H2,1-6H3,(H,31,34);1H3,(H,2,3,4)/t24-;/m1./s1. The summed E-state index contributed by atoms with van der Waals surface area (Å²) in [6.07, 6.45) is 4.24. The van der Waals surface area contributed by atoms with Gasteiger partial charge in [0, 0.05) is 0 Å². The molecule has 2 heterocycles. The van der Waals surface area contributed by atoms with E-state index in [0.717, 1.165) is 42.8 Å². The van der Waals surface area contributed by atoms with Gasteiger partial charge in [0.05, 0.1) is 29.1 Å². The highest BCUT2D eigenvalue weighted by Gasteiger charge is 2.39. The molecule has 4 rings (SSSR count). The first-order chi connectivity index (χ1) is 18.2. The molecular formula is C30H42N4O4S. The maximum absolute atomic E-state index is 13.9. The van der Waals surface area contributed by atoms with Gasteiger partial charge in [-0.15, -0.1) is 0 Å². The number of hydrogen-bond acceptors (Lipinski definition) is 5. The van der Waals surface area contributed by atoms with Crippen LogP contribution in [-0.2, 0) is 27.6 Å². The number of nitrogens with zero attached hydrogens (tertiary/aromatic N) is 2. The van der Waals surface area contributed by atoms with E-state index in [4.69, 9.17) is 9.65 Å². The summed E-state index contributed by atoms with van der Waals surface area (Å²) >= 11 is 0. The Balaban J connectivity index is 0.000000771. The van der Waals surface area contributed by atoms with Crippen LogP contribution in [0.2, 0.25) is 0 Å². The molecule has 39 heavy (non-hydrogen) atoms. The second-order valence-corrected chi connectivity index (χ2v) is 12.3. The SMILES string of the molecule is CCc1ccc(C(CC)(CC)NC(=O)c2c(C)nn3c2N[C@@H](c2ccccc2)CC3(C)C)cc1.CS(=O)(=O)O. The summed E-state index contributed by atoms with van der Waals surface area (Å²) in [6.45, 7) is 12.8. The zero-order valence-corrected chi connectivity index (χ0v) is 24.9. The van der Waals surface area contributed by atoms with Crippen LogP contribution in [0, 0.1) is 6.92 Å². The van der Waals surface area contributed by atoms with Gasteiger partial charge in [0.25, 0.3) is 16.0 Å². The molecule has 3 aromatic rings. The van der Waals surface area contributed by atoms with Crippen LogP contribution in [0.25, 0.3) is 0 Å². The molecule has 0 bridgehead atoms. The summed E-state index contributed by atoms with van der Waals surface area (Å²) in [6, 6.07) is 19.2. The van der Waals surface area contributed by atoms with Crippen LogP contribution < -0.4 is 10.6 Å². The lowest BCUT2D eigenvalue weighted by molar-refractivity contribution is 0.0889. The predicted molar refractivity (Wildman–Crippen MR) is 157 cm³/mol. The molecule has 1 aliphatic heterocycles. The molecule has 0 saturated heterocycles. The Morgan fingerprint density at radius 3 is 2.18 bits per heavy atom. The van der Waals surface area contributed by atoms with Crippen LogP contribution in [0.5, 0.6) is 0 Å². The number of fused-ring (bicyclic) bond motifs is 1. The van der Waals surface area contributed by atoms with Crippen LogP contribution >= 0.6 is 0 Å². The second kappa shape index (κ2) is 11.9. The van der Waals surface area contributed by atoms with Crippen molar-refractivity contribution < 1.29 is 17.8 Å². The minimum atomic E-state index is -3.67. The predicted octanol–water partition coefficient (Wildman–Crippen LogP) is 6.00. The van der Waals surface area contributed by atoms with Crippen LogP contribution in [0.4, 0.5) is 5.82 Å². The first-order valence-electron chi connectivity index (χ1n) is 13.5. The molecule has 0 spiro atoms. The zero-order valence-electron chi connectivity index (χ0n) is 24.1. The summed E-state index contributed by atoms with van der Waals surface area (Å²) < 4.78 is 27.9. The highest BCUT2D eigenvalue weighted by atomic mass is 32.2. The third-order valence-corrected chi connectivity index (χ3v) is 7.55. The number of benzene rings is 2. The summed E-state index contributed by atoms with van der Waals surface area (Å²) in [5, 5.41) is 11.9. The average Bonchev–Trinajstić information content (AvgIpc) is 3.23. The maximum atomic E-state index is 13.9. The molecule has 0 fully saturated rings. The molecule has 0 saturated carbocycles. The van der Waals surface area contributed by atoms with Gasteiger partial charge in [-0.3, -0.25) is 9.35 Å². The first-order valence-corrected chi connectivity index (χ1v) is 15.4. The highest BCUT2D eigenvalue weighted by molar-refractivity contribution is 7.85. The Morgan fingerprint density at radius 2 is 1.67 bits per heavy atom. The van der Waals surface area contributed by atoms with Gasteiger partial charge in [0.2, 0.25) is 0 Å². The van der Waals surface area contributed by atoms with E-state index in [9.17, 15) is 13.2 Å². The van der Waals surface area contributed by atoms with E-state index in [-0.39, 0.29) is 17.5 Å². The van der Waals surface area contributed by atoms with Crippen molar-refractivity contribution in [2.75, 3.05) is 11.6 Å². The minimum Gasteiger partial charge on any atom is -0.363 e. The smallest absolute Gasteiger partial charge is 0.261 e. The van der Waals surface area contributed by atoms with Crippen LogP contribution in [0.1, 0.15) is 92.7 Å². The molecule has 1 aliphatic rings. The van der Waals surface area contributed by atoms with E-state index in [2.05, 4.69) is 93.8 Å². The third kappa shape index (κ3) is 7.08. The van der Waals surface area contributed by atoms with Gasteiger partial charge in [0.1, 0.15) is 11.4 Å². The van der Waals surface area contributed by atoms with Crippen molar-refractivity contribution in [2.45, 2.75) is 84.3 Å². The zero-order chi connectivity index (χ0) is 29.0. The van der Waals surface area contributed by atoms with Crippen molar-refractivity contribution in [1.82, 2.24) is 15.1 Å². The molecule has 8 nitrogen and oxygen atoms in total. The normalized spacial score (nSPS) is 16.4. The van der Waals surface area contributed by atoms with Crippen LogP contribution in [-0.4, -0.2) is 34.9 Å². The molecule has 1 atom stereocenters. The number of nitrogens with one attached hydrogen (secondary N) is 2. The largest absolute Gasteiger partial charge is 0.363 e. The average molecular weight is 555 g/mol. The fraction of sp³-hybridized carbons (Fsp3) is 0.467. The number of anilines is 1. The van der Waals surface area contributed by atoms with E-state index >= 15 is 0 Å². The number of aryl methyl sites for hydroxylation is 2. The number of rotatable bonds is 7. The fourth-order valence-corrected chi connectivity index (χ4v) is 5.31. The summed E-state index contributed by atoms with van der Waals surface area (Å²) in [7, 11) is -3.67. The second-order valence-electron chi connectivity index (χ2n) is 10.9. The Morgan fingerprint density at radius 1 is 1.10 bits per heavy atom. The van der Waals surface area contributed by atoms with Crippen LogP contribution in [0.3, 0.4) is 0 Å². The molecule has 212 valence electrons. The Bertz CT molecular complexity index is 1370. The molecule has 1 amide bonds. The van der Waals surface area contributed by atoms with Crippen molar-refractivity contribution in [3.05, 3.63) is 82.5 Å². The lowest BCUT2D eigenvalue weighted by Crippen LogP contribution is -2.45. The summed E-state index contributed by atoms with van der Waals surface area (Å²) in [5.74, 6) is 0.738. The number of carbonyl (C=O) groups is 1. The molecule has 3 N–H and O–H groups in total. The van der Waals surface area contributed by atoms with E-state index in [1.807, 2.05) is 17.7 Å². The fourth-order valence-electron chi connectivity index (χ4n) is 5.31. The van der Waals surface area contributed by atoms with Gasteiger partial charge < -0.3 is 10.6 Å². The van der Waals surface area contributed by atoms with Crippen molar-refractivity contribution in [3.8, 4) is 0 Å². The van der Waals surface area contributed by atoms with Crippen molar-refractivity contribution in [2.24, 2.45) is 0 Å². The van der Waals surface area contributed by atoms with Gasteiger partial charge in [-0.1, -0.05) is 75.4 Å². The minimum absolute atomic E-state index is 0.0703. The van der Waals surface area contributed by atoms with E-state index in [0.29, 0.717) is 11.8 Å². The molecule has 1 aromatic heterocycles. The van der Waals surface area contributed by atoms with Crippen LogP contribution in [0.15, 0.2) is 54.6 Å². The van der Waals surface area contributed by atoms with E-state index < -0.39 is 15.7 Å². The quantitative estimate of drug-likeness (QED) is 0.309. The topological polar surface area (TPSA) is 113 Å². The Kier molecular flexibility index (Phi) is 9.28. The van der Waals surface area contributed by atoms with Gasteiger partial charge in [-0.05, 0) is 63.1 Å². The van der Waals surface area contributed by atoms with E-state index in [1.165, 1.54) is 11.1 Å². The molecule has 9 heteroatoms. The molecule has 0 radical (unpaired) electrons. The summed E-state index contributed by atoms with van der Waals surface area (Å²) in [4.78, 5) is 13.9. The lowest BCUT2D eigenvalue weighted by Gasteiger charge is -2.38. The molecule has 0 unspecified atom stereocenters. The lowest BCUT2D eigenvalue weighted by atomic mass is 9.83. The van der Waals surface area contributed by atoms with Crippen molar-refractivity contribution >= 4 is 21.8 Å². The van der Waals surface area contributed by atoms with Gasteiger partial charge >= 0.3 is 0 Å². The monoisotopic (exact) mass is 554 g/mol. The summed E-state index contributed by atoms with van der Waals surface area (Å²) in [5.41, 5.74) is 4.43. The number of aromatic nitrogens is 2. The molecule has 2 aromatic carbocycles.